The number of hydrogen-bond acceptors (Lipinski definition) is 5. The van der Waals surface area contributed by atoms with E-state index in [1.807, 2.05) is 25.5 Å². The van der Waals surface area contributed by atoms with Gasteiger partial charge in [0, 0.05) is 30.4 Å². The smallest absolute Gasteiger partial charge is 0.141 e. The molecule has 6 heteroatoms. The van der Waals surface area contributed by atoms with Crippen molar-refractivity contribution in [3.8, 4) is 11.5 Å². The van der Waals surface area contributed by atoms with Crippen molar-refractivity contribution in [1.29, 1.82) is 0 Å². The molecule has 0 heterocycles. The second-order valence-electron chi connectivity index (χ2n) is 5.75. The normalized spacial score (nSPS) is 12.4. The van der Waals surface area contributed by atoms with E-state index in [9.17, 15) is 0 Å². The minimum Gasteiger partial charge on any atom is -0.496 e. The molecule has 1 aromatic carbocycles. The predicted octanol–water partition coefficient (Wildman–Crippen LogP) is 3.37. The van der Waals surface area contributed by atoms with Crippen molar-refractivity contribution in [1.82, 2.24) is 16.0 Å². The van der Waals surface area contributed by atoms with E-state index in [1.165, 1.54) is 0 Å². The number of rotatable bonds is 9. The number of methoxy groups -OCH3 is 2. The fourth-order valence-corrected chi connectivity index (χ4v) is 2.50. The van der Waals surface area contributed by atoms with Gasteiger partial charge in [-0.3, -0.25) is 0 Å². The topological polar surface area (TPSA) is 54.5 Å². The fourth-order valence-electron chi connectivity index (χ4n) is 2.26. The van der Waals surface area contributed by atoms with Gasteiger partial charge in [-0.2, -0.15) is 0 Å². The summed E-state index contributed by atoms with van der Waals surface area (Å²) in [6, 6.07) is 3.59. The lowest BCUT2D eigenvalue weighted by atomic mass is 10.1. The number of hydrogen-bond donors (Lipinski definition) is 3. The van der Waals surface area contributed by atoms with E-state index >= 15 is 0 Å². The maximum atomic E-state index is 6.24. The van der Waals surface area contributed by atoms with Crippen molar-refractivity contribution in [2.45, 2.75) is 26.3 Å². The zero-order valence-corrected chi connectivity index (χ0v) is 16.0. The third-order valence-corrected chi connectivity index (χ3v) is 3.79. The Morgan fingerprint density at radius 2 is 1.88 bits per heavy atom. The van der Waals surface area contributed by atoms with E-state index in [4.69, 9.17) is 21.1 Å². The lowest BCUT2D eigenvalue weighted by molar-refractivity contribution is 0.393. The summed E-state index contributed by atoms with van der Waals surface area (Å²) in [5.74, 6) is 1.25. The molecule has 1 aromatic rings. The largest absolute Gasteiger partial charge is 0.496 e. The first kappa shape index (κ1) is 20.2. The number of halogens is 1. The highest BCUT2D eigenvalue weighted by molar-refractivity contribution is 6.32. The van der Waals surface area contributed by atoms with E-state index in [2.05, 4.69) is 42.8 Å². The summed E-state index contributed by atoms with van der Waals surface area (Å²) in [5, 5.41) is 10.2. The molecule has 134 valence electrons. The van der Waals surface area contributed by atoms with E-state index in [0.717, 1.165) is 17.8 Å². The van der Waals surface area contributed by atoms with Crippen LogP contribution in [0.2, 0.25) is 5.02 Å². The highest BCUT2D eigenvalue weighted by atomic mass is 35.5. The van der Waals surface area contributed by atoms with Crippen LogP contribution in [0.3, 0.4) is 0 Å². The van der Waals surface area contributed by atoms with Crippen LogP contribution in [-0.2, 0) is 0 Å². The zero-order valence-electron chi connectivity index (χ0n) is 15.3. The summed E-state index contributed by atoms with van der Waals surface area (Å²) in [5.41, 5.74) is 1.62. The second kappa shape index (κ2) is 9.45. The molecular formula is C18H28ClN3O2. The minimum absolute atomic E-state index is 0.0729. The third-order valence-electron chi connectivity index (χ3n) is 3.49. The second-order valence-corrected chi connectivity index (χ2v) is 6.15. The van der Waals surface area contributed by atoms with E-state index in [0.29, 0.717) is 16.5 Å². The van der Waals surface area contributed by atoms with Crippen LogP contribution in [0.5, 0.6) is 11.5 Å². The predicted molar refractivity (Wildman–Crippen MR) is 102 cm³/mol. The lowest BCUT2D eigenvalue weighted by Crippen LogP contribution is -2.37. The van der Waals surface area contributed by atoms with Gasteiger partial charge < -0.3 is 25.4 Å². The standard InChI is InChI=1S/C18H28ClN3O2/c1-7-22-18(2,3)8-9-21-12-15(20-4)13-10-14(19)17(24-6)11-16(13)23-5/h8-12,20-22H,7H2,1-6H3/b9-8-,15-12-. The maximum Gasteiger partial charge on any atom is 0.141 e. The summed E-state index contributed by atoms with van der Waals surface area (Å²) >= 11 is 6.24. The molecule has 0 atom stereocenters. The van der Waals surface area contributed by atoms with Crippen LogP contribution in [0.15, 0.2) is 30.6 Å². The molecule has 0 aromatic heterocycles. The van der Waals surface area contributed by atoms with Gasteiger partial charge in [0.25, 0.3) is 0 Å². The Morgan fingerprint density at radius 1 is 1.21 bits per heavy atom. The van der Waals surface area contributed by atoms with Gasteiger partial charge in [-0.1, -0.05) is 18.5 Å². The van der Waals surface area contributed by atoms with Crippen LogP contribution in [0.4, 0.5) is 0 Å². The molecule has 0 radical (unpaired) electrons. The average molecular weight is 354 g/mol. The van der Waals surface area contributed by atoms with Crippen molar-refractivity contribution in [3.63, 3.8) is 0 Å². The molecule has 0 aliphatic rings. The maximum absolute atomic E-state index is 6.24. The van der Waals surface area contributed by atoms with Crippen molar-refractivity contribution in [3.05, 3.63) is 41.2 Å². The lowest BCUT2D eigenvalue weighted by Gasteiger charge is -2.21. The minimum atomic E-state index is -0.0729. The molecule has 0 saturated carbocycles. The van der Waals surface area contributed by atoms with E-state index in [1.54, 1.807) is 20.3 Å². The summed E-state index contributed by atoms with van der Waals surface area (Å²) in [6.07, 6.45) is 5.83. The van der Waals surface area contributed by atoms with Crippen LogP contribution in [0.25, 0.3) is 5.70 Å². The molecule has 0 saturated heterocycles. The van der Waals surface area contributed by atoms with Gasteiger partial charge >= 0.3 is 0 Å². The highest BCUT2D eigenvalue weighted by Gasteiger charge is 2.13. The van der Waals surface area contributed by atoms with Crippen molar-refractivity contribution in [2.24, 2.45) is 0 Å². The third kappa shape index (κ3) is 5.65. The summed E-state index contributed by atoms with van der Waals surface area (Å²) in [4.78, 5) is 0. The first-order chi connectivity index (χ1) is 11.4. The van der Waals surface area contributed by atoms with Gasteiger partial charge in [0.15, 0.2) is 0 Å². The van der Waals surface area contributed by atoms with Crippen LogP contribution >= 0.6 is 11.6 Å². The average Bonchev–Trinajstić information content (AvgIpc) is 2.54. The van der Waals surface area contributed by atoms with Crippen LogP contribution in [-0.4, -0.2) is 33.4 Å². The number of likely N-dealkylation sites (N-methyl/N-ethyl adjacent to an activating group) is 1. The summed E-state index contributed by atoms with van der Waals surface area (Å²) in [6.45, 7) is 7.23. The molecule has 0 aliphatic carbocycles. The quantitative estimate of drug-likeness (QED) is 0.635. The monoisotopic (exact) mass is 353 g/mol. The van der Waals surface area contributed by atoms with E-state index in [-0.39, 0.29) is 5.54 Å². The van der Waals surface area contributed by atoms with E-state index < -0.39 is 0 Å². The van der Waals surface area contributed by atoms with Gasteiger partial charge in [0.1, 0.15) is 11.5 Å². The van der Waals surface area contributed by atoms with Gasteiger partial charge in [-0.15, -0.1) is 0 Å². The Hall–Kier alpha value is -1.85. The summed E-state index contributed by atoms with van der Waals surface area (Å²) < 4.78 is 10.7. The molecule has 0 spiro atoms. The first-order valence-electron chi connectivity index (χ1n) is 7.87. The summed E-state index contributed by atoms with van der Waals surface area (Å²) in [7, 11) is 5.04. The van der Waals surface area contributed by atoms with Crippen LogP contribution < -0.4 is 25.4 Å². The first-order valence-corrected chi connectivity index (χ1v) is 8.25. The molecule has 3 N–H and O–H groups in total. The molecular weight excluding hydrogens is 326 g/mol. The van der Waals surface area contributed by atoms with Crippen molar-refractivity contribution >= 4 is 17.3 Å². The molecule has 0 bridgehead atoms. The molecule has 5 nitrogen and oxygen atoms in total. The Kier molecular flexibility index (Phi) is 7.95. The fraction of sp³-hybridized carbons (Fsp3) is 0.444. The Labute approximate surface area is 150 Å². The zero-order chi connectivity index (χ0) is 18.2. The molecule has 24 heavy (non-hydrogen) atoms. The molecule has 1 rings (SSSR count). The van der Waals surface area contributed by atoms with Gasteiger partial charge in [-0.25, -0.2) is 0 Å². The van der Waals surface area contributed by atoms with Crippen LogP contribution in [0.1, 0.15) is 26.3 Å². The Morgan fingerprint density at radius 3 is 2.42 bits per heavy atom. The van der Waals surface area contributed by atoms with Gasteiger partial charge in [0.2, 0.25) is 0 Å². The number of nitrogens with one attached hydrogen (secondary N) is 3. The number of ether oxygens (including phenoxy) is 2. The Balaban J connectivity index is 3.01. The molecule has 0 unspecified atom stereocenters. The molecule has 0 fully saturated rings. The van der Waals surface area contributed by atoms with Crippen molar-refractivity contribution < 1.29 is 9.47 Å². The van der Waals surface area contributed by atoms with Crippen molar-refractivity contribution in [2.75, 3.05) is 27.8 Å². The number of benzene rings is 1. The van der Waals surface area contributed by atoms with Crippen LogP contribution in [0, 0.1) is 0 Å². The molecule has 0 aliphatic heterocycles. The Bertz CT molecular complexity index is 598. The SMILES string of the molecule is CCNC(C)(C)/C=C\N/C=C(\NC)c1cc(Cl)c(OC)cc1OC. The highest BCUT2D eigenvalue weighted by Crippen LogP contribution is 2.35. The van der Waals surface area contributed by atoms with Gasteiger partial charge in [-0.05, 0) is 38.7 Å². The molecule has 0 amide bonds. The van der Waals surface area contributed by atoms with Gasteiger partial charge in [0.05, 0.1) is 24.9 Å².